The predicted molar refractivity (Wildman–Crippen MR) is 73.7 cm³/mol. The Bertz CT molecular complexity index is 497. The van der Waals surface area contributed by atoms with E-state index in [0.717, 1.165) is 3.57 Å². The zero-order chi connectivity index (χ0) is 14.3. The van der Waals surface area contributed by atoms with Crippen LogP contribution >= 0.6 is 22.6 Å². The number of halogens is 1. The van der Waals surface area contributed by atoms with Gasteiger partial charge in [0.15, 0.2) is 31.2 Å². The molecule has 0 bridgehead atoms. The smallest absolute Gasteiger partial charge is 0.216 e. The zero-order valence-electron chi connectivity index (χ0n) is 9.60. The van der Waals surface area contributed by atoms with E-state index >= 15 is 0 Å². The topological polar surface area (TPSA) is 93.0 Å². The lowest BCUT2D eigenvalue weighted by Gasteiger charge is -2.15. The molecular weight excluding hydrogens is 363 g/mol. The molecule has 0 aliphatic heterocycles. The molecule has 98 valence electrons. The molecule has 0 radical (unpaired) electrons. The van der Waals surface area contributed by atoms with E-state index in [1.165, 1.54) is 0 Å². The lowest BCUT2D eigenvalue weighted by atomic mass is 9.94. The van der Waals surface area contributed by atoms with Crippen LogP contribution in [0.25, 0.3) is 0 Å². The fourth-order valence-corrected chi connectivity index (χ4v) is 1.59. The minimum Gasteiger partial charge on any atom is -0.300 e. The molecule has 0 aromatic heterocycles. The van der Waals surface area contributed by atoms with Crippen molar-refractivity contribution < 1.29 is 19.2 Å². The molecule has 0 unspecified atom stereocenters. The molecule has 19 heavy (non-hydrogen) atoms. The Morgan fingerprint density at radius 2 is 1.53 bits per heavy atom. The predicted octanol–water partition coefficient (Wildman–Crippen LogP) is 1.10. The molecule has 1 aromatic rings. The molecule has 0 spiro atoms. The molecular formula is C12H9IN2O4. The second-order valence-corrected chi connectivity index (χ2v) is 4.79. The normalized spacial score (nSPS) is 11.5. The molecule has 0 fully saturated rings. The van der Waals surface area contributed by atoms with Crippen LogP contribution in [0.4, 0.5) is 0 Å². The van der Waals surface area contributed by atoms with Crippen molar-refractivity contribution in [2.75, 3.05) is 0 Å². The van der Waals surface area contributed by atoms with Crippen molar-refractivity contribution in [3.05, 3.63) is 33.4 Å². The number of azo groups is 1. The van der Waals surface area contributed by atoms with Crippen molar-refractivity contribution in [1.29, 1.82) is 0 Å². The largest absolute Gasteiger partial charge is 0.300 e. The highest BCUT2D eigenvalue weighted by molar-refractivity contribution is 14.1. The van der Waals surface area contributed by atoms with Crippen molar-refractivity contribution in [3.8, 4) is 0 Å². The van der Waals surface area contributed by atoms with E-state index in [0.29, 0.717) is 18.1 Å². The first-order chi connectivity index (χ1) is 9.11. The lowest BCUT2D eigenvalue weighted by Crippen LogP contribution is -2.27. The van der Waals surface area contributed by atoms with Crippen molar-refractivity contribution in [1.82, 2.24) is 0 Å². The number of carbonyl (C=O) groups is 4. The maximum absolute atomic E-state index is 11.2. The summed E-state index contributed by atoms with van der Waals surface area (Å²) in [6.07, 6.45) is 1.17. The summed E-state index contributed by atoms with van der Waals surface area (Å²) < 4.78 is 0.919. The van der Waals surface area contributed by atoms with Gasteiger partial charge in [-0.1, -0.05) is 12.1 Å². The number of carbonyl (C=O) groups excluding carboxylic acids is 4. The van der Waals surface area contributed by atoms with Crippen molar-refractivity contribution in [2.45, 2.75) is 11.6 Å². The fourth-order valence-electron chi connectivity index (χ4n) is 1.23. The summed E-state index contributed by atoms with van der Waals surface area (Å²) in [6, 6.07) is 5.19. The molecule has 1 aromatic carbocycles. The van der Waals surface area contributed by atoms with Gasteiger partial charge in [-0.2, -0.15) is 10.2 Å². The molecule has 0 atom stereocenters. The van der Waals surface area contributed by atoms with E-state index in [9.17, 15) is 19.2 Å². The SMILES string of the molecule is O=CC(C=O)N=NC(C=O)(C=O)c1ccc(I)cc1. The van der Waals surface area contributed by atoms with Crippen molar-refractivity contribution >= 4 is 47.7 Å². The molecule has 0 aliphatic carbocycles. The summed E-state index contributed by atoms with van der Waals surface area (Å²) in [5.74, 6) is 0. The number of nitrogens with zero attached hydrogens (tertiary/aromatic N) is 2. The molecule has 0 aliphatic rings. The number of rotatable bonds is 7. The van der Waals surface area contributed by atoms with Gasteiger partial charge < -0.3 is 9.59 Å². The van der Waals surface area contributed by atoms with E-state index in [1.807, 2.05) is 0 Å². The first-order valence-corrected chi connectivity index (χ1v) is 6.21. The fraction of sp³-hybridized carbons (Fsp3) is 0.167. The molecule has 1 rings (SSSR count). The van der Waals surface area contributed by atoms with Gasteiger partial charge in [0, 0.05) is 3.57 Å². The Labute approximate surface area is 122 Å². The van der Waals surface area contributed by atoms with E-state index in [2.05, 4.69) is 32.8 Å². The molecule has 0 amide bonds. The molecule has 0 saturated heterocycles. The summed E-state index contributed by atoms with van der Waals surface area (Å²) in [5.41, 5.74) is -1.51. The van der Waals surface area contributed by atoms with Gasteiger partial charge >= 0.3 is 0 Å². The summed E-state index contributed by atoms with van der Waals surface area (Å²) in [5, 5.41) is 6.96. The third-order valence-electron chi connectivity index (χ3n) is 2.30. The molecule has 7 heteroatoms. The van der Waals surface area contributed by atoms with E-state index in [-0.39, 0.29) is 12.6 Å². The maximum atomic E-state index is 11.2. The van der Waals surface area contributed by atoms with Crippen LogP contribution in [0, 0.1) is 3.57 Å². The average molecular weight is 372 g/mol. The molecule has 0 heterocycles. The summed E-state index contributed by atoms with van der Waals surface area (Å²) in [6.45, 7) is 0. The van der Waals surface area contributed by atoms with Crippen LogP contribution in [0.15, 0.2) is 34.5 Å². The van der Waals surface area contributed by atoms with Gasteiger partial charge in [-0.25, -0.2) is 0 Å². The van der Waals surface area contributed by atoms with Gasteiger partial charge in [0.2, 0.25) is 5.54 Å². The van der Waals surface area contributed by atoms with Gasteiger partial charge in [0.25, 0.3) is 0 Å². The number of hydrogen-bond acceptors (Lipinski definition) is 6. The highest BCUT2D eigenvalue weighted by Gasteiger charge is 2.32. The van der Waals surface area contributed by atoms with E-state index in [4.69, 9.17) is 0 Å². The van der Waals surface area contributed by atoms with Gasteiger partial charge in [0.05, 0.1) is 0 Å². The summed E-state index contributed by atoms with van der Waals surface area (Å²) in [4.78, 5) is 43.2. The second-order valence-electron chi connectivity index (χ2n) is 3.55. The minimum absolute atomic E-state index is 0.269. The Kier molecular flexibility index (Phi) is 5.61. The third kappa shape index (κ3) is 3.60. The van der Waals surface area contributed by atoms with Gasteiger partial charge in [-0.05, 0) is 40.3 Å². The van der Waals surface area contributed by atoms with Crippen LogP contribution < -0.4 is 0 Å². The first kappa shape index (κ1) is 15.3. The van der Waals surface area contributed by atoms with E-state index in [1.54, 1.807) is 24.3 Å². The monoisotopic (exact) mass is 372 g/mol. The second kappa shape index (κ2) is 6.98. The quantitative estimate of drug-likeness (QED) is 0.310. The standard InChI is InChI=1S/C12H9IN2O4/c13-10-3-1-9(2-4-10)12(7-18,8-19)15-14-11(5-16)6-17/h1-8,11H. The Balaban J connectivity index is 3.20. The zero-order valence-corrected chi connectivity index (χ0v) is 11.8. The lowest BCUT2D eigenvalue weighted by molar-refractivity contribution is -0.122. The summed E-state index contributed by atoms with van der Waals surface area (Å²) >= 11 is 2.07. The minimum atomic E-state index is -1.82. The van der Waals surface area contributed by atoms with Crippen LogP contribution in [-0.4, -0.2) is 31.2 Å². The van der Waals surface area contributed by atoms with Crippen LogP contribution in [0.5, 0.6) is 0 Å². The van der Waals surface area contributed by atoms with Crippen LogP contribution in [0.3, 0.4) is 0 Å². The molecule has 6 nitrogen and oxygen atoms in total. The van der Waals surface area contributed by atoms with Crippen LogP contribution in [0.1, 0.15) is 5.56 Å². The Morgan fingerprint density at radius 3 is 1.95 bits per heavy atom. The highest BCUT2D eigenvalue weighted by Crippen LogP contribution is 2.23. The van der Waals surface area contributed by atoms with Gasteiger partial charge in [-0.15, -0.1) is 0 Å². The van der Waals surface area contributed by atoms with E-state index < -0.39 is 11.6 Å². The maximum Gasteiger partial charge on any atom is 0.216 e. The van der Waals surface area contributed by atoms with Crippen molar-refractivity contribution in [3.63, 3.8) is 0 Å². The van der Waals surface area contributed by atoms with Gasteiger partial charge in [0.1, 0.15) is 0 Å². The summed E-state index contributed by atoms with van der Waals surface area (Å²) in [7, 11) is 0. The first-order valence-electron chi connectivity index (χ1n) is 5.13. The van der Waals surface area contributed by atoms with Crippen LogP contribution in [-0.2, 0) is 24.7 Å². The number of hydrogen-bond donors (Lipinski definition) is 0. The van der Waals surface area contributed by atoms with Crippen molar-refractivity contribution in [2.24, 2.45) is 10.2 Å². The van der Waals surface area contributed by atoms with Gasteiger partial charge in [-0.3, -0.25) is 9.59 Å². The Morgan fingerprint density at radius 1 is 1.00 bits per heavy atom. The molecule has 0 N–H and O–H groups in total. The average Bonchev–Trinajstić information content (AvgIpc) is 2.46. The number of aldehydes is 4. The third-order valence-corrected chi connectivity index (χ3v) is 3.02. The highest BCUT2D eigenvalue weighted by atomic mass is 127. The van der Waals surface area contributed by atoms with Crippen LogP contribution in [0.2, 0.25) is 0 Å². The molecule has 0 saturated carbocycles. The number of benzene rings is 1. The Hall–Kier alpha value is -1.77.